The van der Waals surface area contributed by atoms with Gasteiger partial charge >= 0.3 is 17.9 Å². The van der Waals surface area contributed by atoms with Gasteiger partial charge in [0.2, 0.25) is 0 Å². The lowest BCUT2D eigenvalue weighted by Gasteiger charge is -2.20. The van der Waals surface area contributed by atoms with Gasteiger partial charge in [0.25, 0.3) is 0 Å². The van der Waals surface area contributed by atoms with Crippen LogP contribution in [0.5, 0.6) is 11.5 Å². The molecule has 1 aliphatic heterocycles. The van der Waals surface area contributed by atoms with Crippen LogP contribution in [0.2, 0.25) is 0 Å². The fraction of sp³-hybridized carbons (Fsp3) is 0.389. The minimum absolute atomic E-state index is 0.136. The number of fused-ring (bicyclic) bond motifs is 1. The number of ketones is 1. The predicted octanol–water partition coefficient (Wildman–Crippen LogP) is 6.82. The van der Waals surface area contributed by atoms with Gasteiger partial charge in [-0.25, -0.2) is 14.4 Å². The Morgan fingerprint density at radius 2 is 1.29 bits per heavy atom. The van der Waals surface area contributed by atoms with Crippen LogP contribution in [0.4, 0.5) is 0 Å². The average molecular weight is 617 g/mol. The molecular weight excluding hydrogens is 576 g/mol. The van der Waals surface area contributed by atoms with Gasteiger partial charge in [-0.3, -0.25) is 4.79 Å². The number of benzene rings is 3. The SMILES string of the molecule is COC(=O)c1ccc(COc2cc3c(c(OCc4ccc(C(=O)OC)cc4)c2)C(=O)O[C@@H](C)CCCC(=O)CCCCC3)cc1. The van der Waals surface area contributed by atoms with Crippen LogP contribution in [0.25, 0.3) is 0 Å². The Morgan fingerprint density at radius 3 is 1.89 bits per heavy atom. The third-order valence-corrected chi connectivity index (χ3v) is 7.69. The molecule has 9 heteroatoms. The van der Waals surface area contributed by atoms with Crippen molar-refractivity contribution >= 4 is 23.7 Å². The van der Waals surface area contributed by atoms with Crippen molar-refractivity contribution in [2.45, 2.75) is 77.6 Å². The van der Waals surface area contributed by atoms with Gasteiger partial charge in [-0.05, 0) is 86.1 Å². The monoisotopic (exact) mass is 616 g/mol. The molecule has 0 radical (unpaired) electrons. The summed E-state index contributed by atoms with van der Waals surface area (Å²) in [6.45, 7) is 2.19. The van der Waals surface area contributed by atoms with Crippen LogP contribution in [0.1, 0.15) is 99.6 Å². The maximum Gasteiger partial charge on any atom is 0.342 e. The summed E-state index contributed by atoms with van der Waals surface area (Å²) in [5.41, 5.74) is 3.60. The van der Waals surface area contributed by atoms with Crippen molar-refractivity contribution < 1.29 is 42.9 Å². The first-order valence-corrected chi connectivity index (χ1v) is 15.3. The summed E-state index contributed by atoms with van der Waals surface area (Å²) < 4.78 is 27.8. The number of esters is 3. The van der Waals surface area contributed by atoms with Gasteiger partial charge in [-0.15, -0.1) is 0 Å². The highest BCUT2D eigenvalue weighted by molar-refractivity contribution is 5.95. The molecule has 238 valence electrons. The summed E-state index contributed by atoms with van der Waals surface area (Å²) in [5.74, 6) is -0.237. The molecule has 0 aliphatic carbocycles. The maximum absolute atomic E-state index is 13.6. The lowest BCUT2D eigenvalue weighted by atomic mass is 9.98. The fourth-order valence-corrected chi connectivity index (χ4v) is 5.14. The zero-order valence-electron chi connectivity index (χ0n) is 26.1. The Balaban J connectivity index is 1.63. The molecule has 0 bridgehead atoms. The van der Waals surface area contributed by atoms with Crippen molar-refractivity contribution in [3.8, 4) is 11.5 Å². The molecule has 0 amide bonds. The van der Waals surface area contributed by atoms with E-state index in [0.29, 0.717) is 60.3 Å². The number of carbonyl (C=O) groups is 4. The molecule has 1 aliphatic rings. The summed E-state index contributed by atoms with van der Waals surface area (Å²) in [7, 11) is 2.67. The predicted molar refractivity (Wildman–Crippen MR) is 167 cm³/mol. The largest absolute Gasteiger partial charge is 0.489 e. The second kappa shape index (κ2) is 16.4. The number of cyclic esters (lactones) is 1. The molecular formula is C36H40O9. The molecule has 0 fully saturated rings. The van der Waals surface area contributed by atoms with E-state index in [1.807, 2.05) is 13.0 Å². The highest BCUT2D eigenvalue weighted by Crippen LogP contribution is 2.33. The van der Waals surface area contributed by atoms with Crippen LogP contribution in [-0.4, -0.2) is 44.0 Å². The van der Waals surface area contributed by atoms with E-state index in [2.05, 4.69) is 0 Å². The fourth-order valence-electron chi connectivity index (χ4n) is 5.14. The number of aryl methyl sites for hydroxylation is 1. The first kappa shape index (κ1) is 33.2. The number of hydrogen-bond acceptors (Lipinski definition) is 9. The zero-order chi connectivity index (χ0) is 32.2. The number of hydrogen-bond donors (Lipinski definition) is 0. The number of carbonyl (C=O) groups excluding carboxylic acids is 4. The van der Waals surface area contributed by atoms with E-state index in [-0.39, 0.29) is 25.1 Å². The number of methoxy groups -OCH3 is 2. The van der Waals surface area contributed by atoms with Crippen molar-refractivity contribution in [1.82, 2.24) is 0 Å². The minimum Gasteiger partial charge on any atom is -0.489 e. The molecule has 45 heavy (non-hydrogen) atoms. The van der Waals surface area contributed by atoms with Gasteiger partial charge in [-0.2, -0.15) is 0 Å². The molecule has 1 atom stereocenters. The lowest BCUT2D eigenvalue weighted by Crippen LogP contribution is -2.18. The summed E-state index contributed by atoms with van der Waals surface area (Å²) in [4.78, 5) is 49.5. The lowest BCUT2D eigenvalue weighted by molar-refractivity contribution is -0.119. The normalized spacial score (nSPS) is 16.0. The zero-order valence-corrected chi connectivity index (χ0v) is 26.1. The topological polar surface area (TPSA) is 114 Å². The van der Waals surface area contributed by atoms with E-state index < -0.39 is 17.9 Å². The standard InChI is InChI=1S/C36H40O9/c1-24-8-7-11-30(37)10-6-4-5-9-29-20-31(43-22-25-12-16-27(17-13-25)34(38)41-2)21-32(33(29)36(40)45-24)44-23-26-14-18-28(19-15-26)35(39)42-3/h12-21,24H,4-11,22-23H2,1-3H3/t24-/m0/s1. The molecule has 9 nitrogen and oxygen atoms in total. The first-order chi connectivity index (χ1) is 21.8. The van der Waals surface area contributed by atoms with E-state index in [9.17, 15) is 19.2 Å². The van der Waals surface area contributed by atoms with Crippen LogP contribution in [0.15, 0.2) is 60.7 Å². The van der Waals surface area contributed by atoms with Crippen molar-refractivity contribution in [3.05, 3.63) is 94.0 Å². The maximum atomic E-state index is 13.6. The van der Waals surface area contributed by atoms with Crippen LogP contribution in [0, 0.1) is 0 Å². The Kier molecular flexibility index (Phi) is 12.1. The van der Waals surface area contributed by atoms with Gasteiger partial charge in [0.05, 0.1) is 31.5 Å². The van der Waals surface area contributed by atoms with E-state index in [0.717, 1.165) is 36.0 Å². The van der Waals surface area contributed by atoms with Gasteiger partial charge in [0.15, 0.2) is 0 Å². The third kappa shape index (κ3) is 9.66. The number of Topliss-reactive ketones (excluding diaryl/α,β-unsaturated/α-hetero) is 1. The highest BCUT2D eigenvalue weighted by Gasteiger charge is 2.24. The molecule has 0 saturated carbocycles. The second-order valence-electron chi connectivity index (χ2n) is 11.1. The molecule has 0 saturated heterocycles. The van der Waals surface area contributed by atoms with Crippen molar-refractivity contribution in [2.24, 2.45) is 0 Å². The summed E-state index contributed by atoms with van der Waals surface area (Å²) in [5, 5.41) is 0. The smallest absolute Gasteiger partial charge is 0.342 e. The van der Waals surface area contributed by atoms with E-state index >= 15 is 0 Å². The number of ether oxygens (including phenoxy) is 5. The first-order valence-electron chi connectivity index (χ1n) is 15.3. The van der Waals surface area contributed by atoms with Gasteiger partial charge in [-0.1, -0.05) is 30.7 Å². The Morgan fingerprint density at radius 1 is 0.733 bits per heavy atom. The molecule has 1 heterocycles. The number of rotatable bonds is 8. The molecule has 0 aromatic heterocycles. The van der Waals surface area contributed by atoms with Gasteiger partial charge in [0.1, 0.15) is 36.1 Å². The molecule has 0 spiro atoms. The quantitative estimate of drug-likeness (QED) is 0.199. The van der Waals surface area contributed by atoms with E-state index in [1.165, 1.54) is 14.2 Å². The molecule has 0 unspecified atom stereocenters. The summed E-state index contributed by atoms with van der Waals surface area (Å²) in [6, 6.07) is 17.3. The second-order valence-corrected chi connectivity index (χ2v) is 11.1. The Bertz CT molecular complexity index is 1480. The van der Waals surface area contributed by atoms with Crippen LogP contribution >= 0.6 is 0 Å². The highest BCUT2D eigenvalue weighted by atomic mass is 16.5. The summed E-state index contributed by atoms with van der Waals surface area (Å²) >= 11 is 0. The van der Waals surface area contributed by atoms with Crippen LogP contribution in [0.3, 0.4) is 0 Å². The average Bonchev–Trinajstić information content (AvgIpc) is 3.05. The van der Waals surface area contributed by atoms with E-state index in [4.69, 9.17) is 23.7 Å². The van der Waals surface area contributed by atoms with Gasteiger partial charge in [0, 0.05) is 18.9 Å². The van der Waals surface area contributed by atoms with Crippen molar-refractivity contribution in [3.63, 3.8) is 0 Å². The third-order valence-electron chi connectivity index (χ3n) is 7.69. The molecule has 4 rings (SSSR count). The summed E-state index contributed by atoms with van der Waals surface area (Å²) in [6.07, 6.45) is 4.93. The molecule has 3 aromatic rings. The Hall–Kier alpha value is -4.66. The van der Waals surface area contributed by atoms with Crippen molar-refractivity contribution in [1.29, 1.82) is 0 Å². The van der Waals surface area contributed by atoms with Crippen LogP contribution in [-0.2, 0) is 38.6 Å². The van der Waals surface area contributed by atoms with E-state index in [1.54, 1.807) is 54.6 Å². The van der Waals surface area contributed by atoms with Crippen LogP contribution < -0.4 is 9.47 Å². The molecule has 0 N–H and O–H groups in total. The van der Waals surface area contributed by atoms with Crippen molar-refractivity contribution in [2.75, 3.05) is 14.2 Å². The molecule has 3 aromatic carbocycles. The van der Waals surface area contributed by atoms with Gasteiger partial charge < -0.3 is 23.7 Å². The Labute approximate surface area is 263 Å². The minimum atomic E-state index is -0.484.